The number of alkyl halides is 2. The quantitative estimate of drug-likeness (QED) is 0.580. The van der Waals surface area contributed by atoms with Gasteiger partial charge in [0.15, 0.2) is 0 Å². The maximum Gasteiger partial charge on any atom is 0.305 e. The van der Waals surface area contributed by atoms with Crippen LogP contribution >= 0.6 is 0 Å². The molecule has 88 valence electrons. The summed E-state index contributed by atoms with van der Waals surface area (Å²) in [5.41, 5.74) is 0. The highest BCUT2D eigenvalue weighted by Gasteiger charge is 2.05. The van der Waals surface area contributed by atoms with Gasteiger partial charge in [-0.25, -0.2) is 8.78 Å². The third-order valence-corrected chi connectivity index (χ3v) is 1.38. The summed E-state index contributed by atoms with van der Waals surface area (Å²) < 4.78 is 27.6. The van der Waals surface area contributed by atoms with Crippen LogP contribution in [0.25, 0.3) is 0 Å². The first-order chi connectivity index (χ1) is 7.02. The summed E-state index contributed by atoms with van der Waals surface area (Å²) >= 11 is 0. The Bertz CT molecular complexity index is 211. The lowest BCUT2D eigenvalue weighted by Crippen LogP contribution is -2.27. The summed E-state index contributed by atoms with van der Waals surface area (Å²) in [6.07, 6.45) is -2.75. The van der Waals surface area contributed by atoms with Gasteiger partial charge in [0.1, 0.15) is 6.61 Å². The number of amides is 1. The number of hydrogen-bond acceptors (Lipinski definition) is 3. The fourth-order valence-corrected chi connectivity index (χ4v) is 0.735. The molecule has 0 aromatic rings. The lowest BCUT2D eigenvalue weighted by Gasteiger charge is -2.04. The number of hydrogen-bond donors (Lipinski definition) is 2. The highest BCUT2D eigenvalue weighted by atomic mass is 19.3. The van der Waals surface area contributed by atoms with E-state index in [9.17, 15) is 18.4 Å². The van der Waals surface area contributed by atoms with E-state index in [0.717, 1.165) is 0 Å². The average Bonchev–Trinajstić information content (AvgIpc) is 2.11. The van der Waals surface area contributed by atoms with Crippen molar-refractivity contribution in [3.63, 3.8) is 0 Å². The highest BCUT2D eigenvalue weighted by Crippen LogP contribution is 1.93. The average molecular weight is 225 g/mol. The Labute approximate surface area is 85.4 Å². The molecule has 0 fully saturated rings. The van der Waals surface area contributed by atoms with Gasteiger partial charge in [-0.05, 0) is 0 Å². The Balaban J connectivity index is 3.30. The number of carboxylic acid groups (broad SMARTS) is 1. The normalized spacial score (nSPS) is 10.3. The molecular formula is C8H13F2NO4. The SMILES string of the molecule is O=C(O)CCNC(=O)CCOCC(F)F. The van der Waals surface area contributed by atoms with Crippen LogP contribution in [0.3, 0.4) is 0 Å². The standard InChI is InChI=1S/C8H13F2NO4/c9-6(10)5-15-4-2-7(12)11-3-1-8(13)14/h6H,1-5H2,(H,11,12)(H,13,14). The van der Waals surface area contributed by atoms with E-state index >= 15 is 0 Å². The van der Waals surface area contributed by atoms with Crippen molar-refractivity contribution in [3.8, 4) is 0 Å². The van der Waals surface area contributed by atoms with Crippen molar-refractivity contribution in [1.29, 1.82) is 0 Å². The maximum absolute atomic E-state index is 11.6. The molecule has 15 heavy (non-hydrogen) atoms. The van der Waals surface area contributed by atoms with Gasteiger partial charge >= 0.3 is 5.97 Å². The van der Waals surface area contributed by atoms with Crippen LogP contribution in [-0.4, -0.2) is 43.2 Å². The van der Waals surface area contributed by atoms with Crippen molar-refractivity contribution < 1.29 is 28.2 Å². The molecular weight excluding hydrogens is 212 g/mol. The fraction of sp³-hybridized carbons (Fsp3) is 0.750. The molecule has 5 nitrogen and oxygen atoms in total. The molecule has 7 heteroatoms. The van der Waals surface area contributed by atoms with Crippen molar-refractivity contribution in [2.45, 2.75) is 19.3 Å². The maximum atomic E-state index is 11.6. The Kier molecular flexibility index (Phi) is 7.43. The molecule has 0 aromatic carbocycles. The van der Waals surface area contributed by atoms with Crippen LogP contribution in [0.5, 0.6) is 0 Å². The number of carbonyl (C=O) groups excluding carboxylic acids is 1. The second kappa shape index (κ2) is 8.10. The minimum absolute atomic E-state index is 0.0308. The van der Waals surface area contributed by atoms with Crippen molar-refractivity contribution in [2.24, 2.45) is 0 Å². The zero-order valence-corrected chi connectivity index (χ0v) is 8.04. The monoisotopic (exact) mass is 225 g/mol. The minimum atomic E-state index is -2.54. The highest BCUT2D eigenvalue weighted by molar-refractivity contribution is 5.76. The molecule has 0 aliphatic carbocycles. The zero-order chi connectivity index (χ0) is 11.7. The first-order valence-corrected chi connectivity index (χ1v) is 4.36. The molecule has 0 rings (SSSR count). The van der Waals surface area contributed by atoms with Crippen LogP contribution in [0.2, 0.25) is 0 Å². The fourth-order valence-electron chi connectivity index (χ4n) is 0.735. The topological polar surface area (TPSA) is 75.6 Å². The van der Waals surface area contributed by atoms with E-state index in [4.69, 9.17) is 5.11 Å². The number of aliphatic carboxylic acids is 1. The minimum Gasteiger partial charge on any atom is -0.481 e. The summed E-state index contributed by atoms with van der Waals surface area (Å²) in [6, 6.07) is 0. The molecule has 0 aliphatic rings. The number of carbonyl (C=O) groups is 2. The van der Waals surface area contributed by atoms with E-state index in [1.165, 1.54) is 0 Å². The van der Waals surface area contributed by atoms with Crippen molar-refractivity contribution in [2.75, 3.05) is 19.8 Å². The lowest BCUT2D eigenvalue weighted by atomic mass is 10.4. The number of rotatable bonds is 8. The molecule has 0 radical (unpaired) electrons. The molecule has 0 aromatic heterocycles. The smallest absolute Gasteiger partial charge is 0.305 e. The number of halogens is 2. The Morgan fingerprint density at radius 1 is 1.33 bits per heavy atom. The van der Waals surface area contributed by atoms with Crippen LogP contribution in [-0.2, 0) is 14.3 Å². The third kappa shape index (κ3) is 10.7. The predicted octanol–water partition coefficient (Wildman–Crippen LogP) is 0.249. The largest absolute Gasteiger partial charge is 0.481 e. The molecule has 0 spiro atoms. The van der Waals surface area contributed by atoms with E-state index in [-0.39, 0.29) is 26.0 Å². The molecule has 1 amide bonds. The van der Waals surface area contributed by atoms with Gasteiger partial charge < -0.3 is 15.2 Å². The number of ether oxygens (including phenoxy) is 1. The summed E-state index contributed by atoms with van der Waals surface area (Å²) in [5, 5.41) is 10.6. The molecule has 0 heterocycles. The van der Waals surface area contributed by atoms with Crippen LogP contribution in [0.15, 0.2) is 0 Å². The number of nitrogens with one attached hydrogen (secondary N) is 1. The van der Waals surface area contributed by atoms with Crippen LogP contribution in [0.1, 0.15) is 12.8 Å². The third-order valence-electron chi connectivity index (χ3n) is 1.38. The van der Waals surface area contributed by atoms with Crippen molar-refractivity contribution in [3.05, 3.63) is 0 Å². The lowest BCUT2D eigenvalue weighted by molar-refractivity contribution is -0.136. The first-order valence-electron chi connectivity index (χ1n) is 4.36. The van der Waals surface area contributed by atoms with Gasteiger partial charge in [-0.2, -0.15) is 0 Å². The second-order valence-corrected chi connectivity index (χ2v) is 2.71. The second-order valence-electron chi connectivity index (χ2n) is 2.71. The van der Waals surface area contributed by atoms with E-state index < -0.39 is 24.9 Å². The van der Waals surface area contributed by atoms with E-state index in [0.29, 0.717) is 0 Å². The van der Waals surface area contributed by atoms with Crippen molar-refractivity contribution in [1.82, 2.24) is 5.32 Å². The van der Waals surface area contributed by atoms with Crippen LogP contribution < -0.4 is 5.32 Å². The van der Waals surface area contributed by atoms with Gasteiger partial charge in [-0.15, -0.1) is 0 Å². The predicted molar refractivity (Wildman–Crippen MR) is 46.7 cm³/mol. The van der Waals surface area contributed by atoms with Gasteiger partial charge in [0, 0.05) is 13.0 Å². The van der Waals surface area contributed by atoms with E-state index in [1.54, 1.807) is 0 Å². The van der Waals surface area contributed by atoms with Gasteiger partial charge in [0.05, 0.1) is 13.0 Å². The van der Waals surface area contributed by atoms with Crippen LogP contribution in [0.4, 0.5) is 8.78 Å². The molecule has 0 saturated heterocycles. The Morgan fingerprint density at radius 3 is 2.53 bits per heavy atom. The zero-order valence-electron chi connectivity index (χ0n) is 8.04. The summed E-state index contributed by atoms with van der Waals surface area (Å²) in [7, 11) is 0. The van der Waals surface area contributed by atoms with Gasteiger partial charge in [-0.3, -0.25) is 9.59 Å². The summed E-state index contributed by atoms with van der Waals surface area (Å²) in [6.45, 7) is -0.755. The number of carboxylic acids is 1. The Morgan fingerprint density at radius 2 is 2.00 bits per heavy atom. The van der Waals surface area contributed by atoms with Gasteiger partial charge in [0.2, 0.25) is 5.91 Å². The van der Waals surface area contributed by atoms with Gasteiger partial charge in [-0.1, -0.05) is 0 Å². The van der Waals surface area contributed by atoms with Gasteiger partial charge in [0.25, 0.3) is 6.43 Å². The summed E-state index contributed by atoms with van der Waals surface area (Å²) in [4.78, 5) is 21.0. The molecule has 0 atom stereocenters. The molecule has 0 bridgehead atoms. The Hall–Kier alpha value is -1.24. The van der Waals surface area contributed by atoms with Crippen molar-refractivity contribution >= 4 is 11.9 Å². The molecule has 0 unspecified atom stereocenters. The van der Waals surface area contributed by atoms with Crippen LogP contribution in [0, 0.1) is 0 Å². The molecule has 0 saturated carbocycles. The first kappa shape index (κ1) is 13.8. The molecule has 2 N–H and O–H groups in total. The van der Waals surface area contributed by atoms with E-state index in [1.807, 2.05) is 0 Å². The van der Waals surface area contributed by atoms with E-state index in [2.05, 4.69) is 10.1 Å². The molecule has 0 aliphatic heterocycles. The summed E-state index contributed by atoms with van der Waals surface area (Å²) in [5.74, 6) is -1.42.